The first-order valence-corrected chi connectivity index (χ1v) is 20.0. The summed E-state index contributed by atoms with van der Waals surface area (Å²) in [6.07, 6.45) is 13.5. The van der Waals surface area contributed by atoms with Crippen LogP contribution in [-0.4, -0.2) is 79.0 Å². The van der Waals surface area contributed by atoms with Crippen molar-refractivity contribution >= 4 is 63.6 Å². The van der Waals surface area contributed by atoms with Crippen LogP contribution in [0.4, 0.5) is 0 Å². The minimum atomic E-state index is 0.339. The number of ether oxygens (including phenoxy) is 1. The summed E-state index contributed by atoms with van der Waals surface area (Å²) in [6.45, 7) is 7.53. The molecule has 7 rings (SSSR count). The average Bonchev–Trinajstić information content (AvgIpc) is 3.85. The van der Waals surface area contributed by atoms with Crippen LogP contribution < -0.4 is 16.4 Å². The van der Waals surface area contributed by atoms with Crippen LogP contribution in [0.1, 0.15) is 80.1 Å². The van der Waals surface area contributed by atoms with Gasteiger partial charge >= 0.3 is 0 Å². The molecule has 12 heteroatoms. The lowest BCUT2D eigenvalue weighted by molar-refractivity contribution is -0.120. The van der Waals surface area contributed by atoms with Gasteiger partial charge in [-0.05, 0) is 95.2 Å². The monoisotopic (exact) mass is 764 g/mol. The first-order chi connectivity index (χ1) is 25.2. The first kappa shape index (κ1) is 40.2. The van der Waals surface area contributed by atoms with Crippen molar-refractivity contribution in [3.8, 4) is 11.1 Å². The number of nitrogens with two attached hydrogens (primary N) is 1. The van der Waals surface area contributed by atoms with Gasteiger partial charge in [0.25, 0.3) is 0 Å². The molecule has 4 aromatic rings. The normalized spacial score (nSPS) is 18.1. The topological polar surface area (TPSA) is 115 Å². The third-order valence-electron chi connectivity index (χ3n) is 10.7. The number of halogens is 1. The molecule has 0 bridgehead atoms. The summed E-state index contributed by atoms with van der Waals surface area (Å²) >= 11 is 13.7. The van der Waals surface area contributed by atoms with E-state index in [2.05, 4.69) is 62.5 Å². The van der Waals surface area contributed by atoms with Crippen molar-refractivity contribution in [3.63, 3.8) is 0 Å². The van der Waals surface area contributed by atoms with E-state index in [-0.39, 0.29) is 0 Å². The Labute approximate surface area is 322 Å². The second-order valence-corrected chi connectivity index (χ2v) is 15.9. The summed E-state index contributed by atoms with van der Waals surface area (Å²) in [5, 5.41) is 11.4. The van der Waals surface area contributed by atoms with Gasteiger partial charge in [-0.3, -0.25) is 0 Å². The number of nitrogens with one attached hydrogen (secondary N) is 2. The molecule has 4 N–H and O–H groups in total. The minimum Gasteiger partial charge on any atom is -0.389 e. The Bertz CT molecular complexity index is 1760. The number of aromatic nitrogens is 2. The number of hydrogen-bond acceptors (Lipinski definition) is 9. The number of likely N-dealkylation sites (tertiary alicyclic amines) is 1. The number of carbonyl (C=O) groups excluding carboxylic acids is 2. The molecule has 2 saturated heterocycles. The Morgan fingerprint density at radius 3 is 2.54 bits per heavy atom. The summed E-state index contributed by atoms with van der Waals surface area (Å²) in [4.78, 5) is 27.7. The molecule has 2 aromatic carbocycles. The van der Waals surface area contributed by atoms with Gasteiger partial charge in [0, 0.05) is 79.0 Å². The third-order valence-corrected chi connectivity index (χ3v) is 12.4. The predicted molar refractivity (Wildman–Crippen MR) is 217 cm³/mol. The van der Waals surface area contributed by atoms with Crippen molar-refractivity contribution in [1.82, 2.24) is 25.1 Å². The average molecular weight is 765 g/mol. The zero-order valence-corrected chi connectivity index (χ0v) is 33.0. The van der Waals surface area contributed by atoms with E-state index in [4.69, 9.17) is 34.3 Å². The number of nitrogens with zero attached hydrogens (tertiary/aromatic N) is 3. The highest BCUT2D eigenvalue weighted by molar-refractivity contribution is 7.80. The van der Waals surface area contributed by atoms with Crippen molar-refractivity contribution in [3.05, 3.63) is 75.3 Å². The van der Waals surface area contributed by atoms with Gasteiger partial charge < -0.3 is 40.2 Å². The maximum absolute atomic E-state index is 10.6. The number of thiazole rings is 1. The molecule has 2 aliphatic heterocycles. The number of hydrogen-bond donors (Lipinski definition) is 3. The molecule has 0 amide bonds. The number of aldehydes is 2. The summed E-state index contributed by atoms with van der Waals surface area (Å²) < 4.78 is 7.92. The van der Waals surface area contributed by atoms with Crippen molar-refractivity contribution in [2.45, 2.75) is 70.5 Å². The Morgan fingerprint density at radius 2 is 1.92 bits per heavy atom. The Morgan fingerprint density at radius 1 is 1.17 bits per heavy atom. The Hall–Kier alpha value is -3.03. The molecular weight excluding hydrogens is 712 g/mol. The number of benzene rings is 2. The van der Waals surface area contributed by atoms with Crippen LogP contribution in [0.3, 0.4) is 0 Å². The van der Waals surface area contributed by atoms with Gasteiger partial charge in [0.05, 0.1) is 16.6 Å². The molecule has 52 heavy (non-hydrogen) atoms. The van der Waals surface area contributed by atoms with Gasteiger partial charge in [-0.2, -0.15) is 0 Å². The van der Waals surface area contributed by atoms with Crippen molar-refractivity contribution < 1.29 is 14.3 Å². The summed E-state index contributed by atoms with van der Waals surface area (Å²) in [5.41, 5.74) is 11.7. The van der Waals surface area contributed by atoms with E-state index in [1.807, 2.05) is 37.8 Å². The smallest absolute Gasteiger partial charge is 0.123 e. The second kappa shape index (κ2) is 19.3. The lowest BCUT2D eigenvalue weighted by Gasteiger charge is -2.50. The van der Waals surface area contributed by atoms with E-state index in [0.29, 0.717) is 34.8 Å². The third kappa shape index (κ3) is 9.93. The summed E-state index contributed by atoms with van der Waals surface area (Å²) in [5.74, 6) is 0.339. The van der Waals surface area contributed by atoms with E-state index in [0.717, 1.165) is 121 Å². The molecule has 4 heterocycles. The first-order valence-electron chi connectivity index (χ1n) is 18.3. The van der Waals surface area contributed by atoms with E-state index in [1.54, 1.807) is 11.3 Å². The fourth-order valence-corrected chi connectivity index (χ4v) is 8.77. The Balaban J connectivity index is 0.000000180. The lowest BCUT2D eigenvalue weighted by atomic mass is 9.58. The molecule has 3 aliphatic rings. The number of rotatable bonds is 11. The molecule has 1 saturated carbocycles. The molecule has 1 spiro atoms. The summed E-state index contributed by atoms with van der Waals surface area (Å²) in [7, 11) is 3.87. The van der Waals surface area contributed by atoms with Crippen LogP contribution >= 0.6 is 35.2 Å². The fourth-order valence-electron chi connectivity index (χ4n) is 7.61. The van der Waals surface area contributed by atoms with Gasteiger partial charge in [0.1, 0.15) is 22.6 Å². The zero-order valence-electron chi connectivity index (χ0n) is 30.6. The van der Waals surface area contributed by atoms with E-state index < -0.39 is 0 Å². The quantitative estimate of drug-likeness (QED) is 0.107. The highest BCUT2D eigenvalue weighted by atomic mass is 35.5. The van der Waals surface area contributed by atoms with Crippen LogP contribution in [0.25, 0.3) is 22.0 Å². The lowest BCUT2D eigenvalue weighted by Crippen LogP contribution is -2.47. The number of piperidine rings is 1. The standard InChI is InChI=1S/C22H24ClN3OS.C12H19NO2.C6H10N2S/c1-25-12-16-5-6-18-19(14-3-2-4-15(11-14)22(24)28)13-26(21(18)20(16)23)17-7-9-27-10-8-17;14-7-1-4-13-5-2-12(3-6-13)8-11(9-12)10-15;1-5(7-2)6-8-3-4-9-6/h2-6,11,13,17,25H,7-10,12H2,1H3,(H2,24,28);7,10-11H,1-6,8-9H2;3-5,7H,1-2H3. The molecule has 2 aromatic heterocycles. The number of carbonyl (C=O) groups is 2. The Kier molecular flexibility index (Phi) is 14.9. The van der Waals surface area contributed by atoms with Gasteiger partial charge in [-0.15, -0.1) is 11.3 Å². The summed E-state index contributed by atoms with van der Waals surface area (Å²) in [6, 6.07) is 13.2. The maximum atomic E-state index is 10.6. The van der Waals surface area contributed by atoms with E-state index >= 15 is 0 Å². The van der Waals surface area contributed by atoms with Crippen molar-refractivity contribution in [1.29, 1.82) is 0 Å². The predicted octanol–water partition coefficient (Wildman–Crippen LogP) is 7.36. The van der Waals surface area contributed by atoms with Crippen LogP contribution in [-0.2, 0) is 20.9 Å². The molecule has 1 aliphatic carbocycles. The van der Waals surface area contributed by atoms with E-state index in [9.17, 15) is 9.59 Å². The van der Waals surface area contributed by atoms with Crippen LogP contribution in [0.15, 0.2) is 54.2 Å². The fraction of sp³-hybridized carbons (Fsp3) is 0.500. The van der Waals surface area contributed by atoms with Crippen LogP contribution in [0.5, 0.6) is 0 Å². The highest BCUT2D eigenvalue weighted by Crippen LogP contribution is 2.51. The van der Waals surface area contributed by atoms with Gasteiger partial charge in [-0.1, -0.05) is 54.2 Å². The zero-order chi connectivity index (χ0) is 37.1. The molecular formula is C40H53ClN6O3S2. The minimum absolute atomic E-state index is 0.339. The van der Waals surface area contributed by atoms with Gasteiger partial charge in [0.2, 0.25) is 0 Å². The molecule has 280 valence electrons. The SMILES string of the molecule is CNC(C)c1nccs1.CNCc1ccc2c(-c3cccc(C(N)=S)c3)cn(C3CCOCC3)c2c1Cl.O=CCCN1CCC2(CC1)CC(C=O)C2. The number of thiocarbonyl (C=S) groups is 1. The van der Waals surface area contributed by atoms with Crippen molar-refractivity contribution in [2.24, 2.45) is 17.1 Å². The second-order valence-electron chi connectivity index (χ2n) is 14.2. The van der Waals surface area contributed by atoms with E-state index in [1.165, 1.54) is 12.8 Å². The number of fused-ring (bicyclic) bond motifs is 1. The van der Waals surface area contributed by atoms with Gasteiger partial charge in [-0.25, -0.2) is 4.98 Å². The molecule has 3 fully saturated rings. The molecule has 9 nitrogen and oxygen atoms in total. The van der Waals surface area contributed by atoms with Crippen molar-refractivity contribution in [2.75, 3.05) is 46.9 Å². The molecule has 0 radical (unpaired) electrons. The maximum Gasteiger partial charge on any atom is 0.123 e. The van der Waals surface area contributed by atoms with Gasteiger partial charge in [0.15, 0.2) is 0 Å². The largest absolute Gasteiger partial charge is 0.389 e. The van der Waals surface area contributed by atoms with Crippen LogP contribution in [0.2, 0.25) is 5.02 Å². The highest BCUT2D eigenvalue weighted by Gasteiger charge is 2.45. The van der Waals surface area contributed by atoms with Crippen LogP contribution in [0, 0.1) is 11.3 Å². The molecule has 1 atom stereocenters. The molecule has 1 unspecified atom stereocenters.